The summed E-state index contributed by atoms with van der Waals surface area (Å²) >= 11 is 0. The largest absolute Gasteiger partial charge is 0.468 e. The van der Waals surface area contributed by atoms with Gasteiger partial charge in [-0.05, 0) is 6.42 Å². The number of nitrogens with zero attached hydrogens (tertiary/aromatic N) is 1. The van der Waals surface area contributed by atoms with E-state index in [4.69, 9.17) is 14.2 Å². The van der Waals surface area contributed by atoms with Gasteiger partial charge in [0.15, 0.2) is 0 Å². The molecule has 0 bridgehead atoms. The van der Waals surface area contributed by atoms with Crippen molar-refractivity contribution in [1.82, 2.24) is 4.90 Å². The van der Waals surface area contributed by atoms with E-state index < -0.39 is 23.9 Å². The van der Waals surface area contributed by atoms with Crippen LogP contribution < -0.4 is 0 Å². The van der Waals surface area contributed by atoms with Crippen molar-refractivity contribution < 1.29 is 28.5 Å². The van der Waals surface area contributed by atoms with Crippen molar-refractivity contribution in [3.8, 4) is 0 Å². The minimum Gasteiger partial charge on any atom is -0.468 e. The summed E-state index contributed by atoms with van der Waals surface area (Å²) in [6, 6.07) is -0.575. The minimum absolute atomic E-state index is 0.0993. The second-order valence-electron chi connectivity index (χ2n) is 3.90. The average Bonchev–Trinajstić information content (AvgIpc) is 2.76. The Bertz CT molecular complexity index is 315. The van der Waals surface area contributed by atoms with E-state index in [1.165, 1.54) is 33.3 Å². The number of carbonyl (C=O) groups is 2. The lowest BCUT2D eigenvalue weighted by molar-refractivity contribution is -0.284. The molecule has 1 fully saturated rings. The van der Waals surface area contributed by atoms with E-state index in [9.17, 15) is 9.59 Å². The topological polar surface area (TPSA) is 74.3 Å². The Balaban J connectivity index is 2.95. The summed E-state index contributed by atoms with van der Waals surface area (Å²) in [5.41, 5.74) is 0. The van der Waals surface area contributed by atoms with Gasteiger partial charge < -0.3 is 18.9 Å². The first-order valence-electron chi connectivity index (χ1n) is 5.56. The molecule has 0 N–H and O–H groups in total. The maximum Gasteiger partial charge on any atom is 0.323 e. The normalized spacial score (nSPS) is 22.8. The predicted octanol–water partition coefficient (Wildman–Crippen LogP) is -0.257. The molecule has 1 aliphatic heterocycles. The van der Waals surface area contributed by atoms with Crippen LogP contribution in [0.3, 0.4) is 0 Å². The van der Waals surface area contributed by atoms with E-state index in [2.05, 4.69) is 4.74 Å². The monoisotopic (exact) mass is 261 g/mol. The molecule has 1 unspecified atom stereocenters. The number of hydrogen-bond donors (Lipinski definition) is 0. The number of rotatable bonds is 5. The van der Waals surface area contributed by atoms with E-state index in [0.29, 0.717) is 12.8 Å². The van der Waals surface area contributed by atoms with Crippen molar-refractivity contribution in [3.05, 3.63) is 0 Å². The molecule has 1 heterocycles. The van der Waals surface area contributed by atoms with Gasteiger partial charge >= 0.3 is 11.9 Å². The molecule has 18 heavy (non-hydrogen) atoms. The van der Waals surface area contributed by atoms with Crippen LogP contribution in [0.4, 0.5) is 0 Å². The fourth-order valence-electron chi connectivity index (χ4n) is 2.19. The van der Waals surface area contributed by atoms with Crippen molar-refractivity contribution in [2.75, 3.05) is 35.0 Å². The molecule has 0 radical (unpaired) electrons. The van der Waals surface area contributed by atoms with Crippen LogP contribution >= 0.6 is 0 Å². The van der Waals surface area contributed by atoms with Gasteiger partial charge in [0.2, 0.25) is 5.91 Å². The molecule has 1 saturated heterocycles. The lowest BCUT2D eigenvalue weighted by Gasteiger charge is -2.36. The van der Waals surface area contributed by atoms with E-state index >= 15 is 0 Å². The predicted molar refractivity (Wildman–Crippen MR) is 60.5 cm³/mol. The van der Waals surface area contributed by atoms with Gasteiger partial charge in [-0.25, -0.2) is 4.90 Å². The summed E-state index contributed by atoms with van der Waals surface area (Å²) in [5.74, 6) is -1.98. The molecule has 0 saturated carbocycles. The van der Waals surface area contributed by atoms with Crippen molar-refractivity contribution in [3.63, 3.8) is 0 Å². The lowest BCUT2D eigenvalue weighted by atomic mass is 10.2. The molecule has 7 heteroatoms. The van der Waals surface area contributed by atoms with Gasteiger partial charge in [0.05, 0.1) is 14.2 Å². The fourth-order valence-corrected chi connectivity index (χ4v) is 2.19. The zero-order chi connectivity index (χ0) is 13.8. The second-order valence-corrected chi connectivity index (χ2v) is 3.90. The van der Waals surface area contributed by atoms with Crippen LogP contribution in [0.1, 0.15) is 12.8 Å². The molecule has 0 spiro atoms. The van der Waals surface area contributed by atoms with Crippen LogP contribution in [-0.4, -0.2) is 63.8 Å². The highest BCUT2D eigenvalue weighted by molar-refractivity contribution is 5.78. The zero-order valence-corrected chi connectivity index (χ0v) is 11.1. The van der Waals surface area contributed by atoms with Gasteiger partial charge in [-0.3, -0.25) is 9.59 Å². The molecular formula is C11H19NO6. The first-order valence-corrected chi connectivity index (χ1v) is 5.56. The van der Waals surface area contributed by atoms with Gasteiger partial charge in [-0.1, -0.05) is 0 Å². The summed E-state index contributed by atoms with van der Waals surface area (Å²) in [4.78, 5) is 24.6. The number of methoxy groups -OCH3 is 4. The molecule has 1 rings (SSSR count). The Morgan fingerprint density at radius 3 is 2.22 bits per heavy atom. The highest BCUT2D eigenvalue weighted by Gasteiger charge is 2.51. The molecule has 1 atom stereocenters. The Morgan fingerprint density at radius 1 is 1.17 bits per heavy atom. The lowest BCUT2D eigenvalue weighted by Crippen LogP contribution is -2.54. The van der Waals surface area contributed by atoms with E-state index in [0.717, 1.165) is 0 Å². The Labute approximate surface area is 106 Å². The molecule has 0 aliphatic carbocycles. The van der Waals surface area contributed by atoms with Crippen LogP contribution in [0.25, 0.3) is 0 Å². The highest BCUT2D eigenvalue weighted by atomic mass is 16.7. The quantitative estimate of drug-likeness (QED) is 0.498. The zero-order valence-electron chi connectivity index (χ0n) is 11.1. The molecule has 0 aromatic heterocycles. The Hall–Kier alpha value is -1.18. The van der Waals surface area contributed by atoms with E-state index in [-0.39, 0.29) is 6.54 Å². The Kier molecular flexibility index (Phi) is 5.06. The van der Waals surface area contributed by atoms with Crippen molar-refractivity contribution in [2.45, 2.75) is 24.8 Å². The second kappa shape index (κ2) is 6.12. The van der Waals surface area contributed by atoms with Gasteiger partial charge in [0, 0.05) is 20.6 Å². The third-order valence-corrected chi connectivity index (χ3v) is 3.19. The summed E-state index contributed by atoms with van der Waals surface area (Å²) in [6.07, 6.45) is 0.960. The maximum absolute atomic E-state index is 11.7. The number of hydrogen-bond acceptors (Lipinski definition) is 7. The maximum atomic E-state index is 11.7. The number of likely N-dealkylation sites (tertiary alicyclic amines) is 1. The molecular weight excluding hydrogens is 242 g/mol. The van der Waals surface area contributed by atoms with E-state index in [1.807, 2.05) is 0 Å². The Morgan fingerprint density at radius 2 is 1.78 bits per heavy atom. The highest BCUT2D eigenvalue weighted by Crippen LogP contribution is 2.35. The summed E-state index contributed by atoms with van der Waals surface area (Å²) in [6.45, 7) is -0.0993. The summed E-state index contributed by atoms with van der Waals surface area (Å²) < 4.78 is 20.0. The van der Waals surface area contributed by atoms with Crippen LogP contribution in [0.2, 0.25) is 0 Å². The van der Waals surface area contributed by atoms with Crippen molar-refractivity contribution in [1.29, 1.82) is 0 Å². The van der Waals surface area contributed by atoms with Crippen LogP contribution in [0, 0.1) is 0 Å². The van der Waals surface area contributed by atoms with Crippen LogP contribution in [-0.2, 0) is 28.5 Å². The van der Waals surface area contributed by atoms with Gasteiger partial charge in [0.1, 0.15) is 12.6 Å². The molecule has 0 amide bonds. The molecule has 1 aliphatic rings. The summed E-state index contributed by atoms with van der Waals surface area (Å²) in [5, 5.41) is 0. The minimum atomic E-state index is -1.09. The third-order valence-electron chi connectivity index (χ3n) is 3.19. The first kappa shape index (κ1) is 14.9. The smallest absolute Gasteiger partial charge is 0.323 e. The molecule has 0 aromatic rings. The number of ether oxygens (including phenoxy) is 4. The average molecular weight is 261 g/mol. The van der Waals surface area contributed by atoms with E-state index in [1.54, 1.807) is 0 Å². The third kappa shape index (κ3) is 2.63. The fraction of sp³-hybridized carbons (Fsp3) is 0.818. The van der Waals surface area contributed by atoms with Gasteiger partial charge in [0.25, 0.3) is 0 Å². The number of carbonyl (C=O) groups excluding carboxylic acids is 2. The van der Waals surface area contributed by atoms with Crippen molar-refractivity contribution in [2.24, 2.45) is 0 Å². The molecule has 0 aromatic carbocycles. The van der Waals surface area contributed by atoms with Gasteiger partial charge in [-0.15, -0.1) is 0 Å². The molecule has 104 valence electrons. The first-order chi connectivity index (χ1) is 8.54. The van der Waals surface area contributed by atoms with Crippen LogP contribution in [0.5, 0.6) is 0 Å². The SMILES string of the molecule is COC(=O)CN1C(C(=O)OC)CCC1(OC)OC. The summed E-state index contributed by atoms with van der Waals surface area (Å²) in [7, 11) is 5.52. The number of esters is 2. The van der Waals surface area contributed by atoms with Crippen LogP contribution in [0.15, 0.2) is 0 Å². The van der Waals surface area contributed by atoms with Gasteiger partial charge in [-0.2, -0.15) is 0 Å². The standard InChI is InChI=1S/C11H19NO6/c1-15-9(13)7-12-8(10(14)16-2)5-6-11(12,17-3)18-4/h8H,5-7H2,1-4H3. The molecule has 7 nitrogen and oxygen atoms in total. The van der Waals surface area contributed by atoms with Crippen molar-refractivity contribution >= 4 is 11.9 Å².